The van der Waals surface area contributed by atoms with Crippen molar-refractivity contribution in [3.8, 4) is 5.75 Å². The van der Waals surface area contributed by atoms with Gasteiger partial charge in [-0.15, -0.1) is 0 Å². The Morgan fingerprint density at radius 2 is 1.59 bits per heavy atom. The number of anilines is 1. The van der Waals surface area contributed by atoms with E-state index in [1.54, 1.807) is 25.3 Å². The van der Waals surface area contributed by atoms with Crippen molar-refractivity contribution in [3.63, 3.8) is 0 Å². The van der Waals surface area contributed by atoms with Crippen LogP contribution in [-0.2, 0) is 28.5 Å². The van der Waals surface area contributed by atoms with Gasteiger partial charge in [-0.05, 0) is 55.8 Å². The average Bonchev–Trinajstić information content (AvgIpc) is 3.19. The van der Waals surface area contributed by atoms with Gasteiger partial charge in [-0.1, -0.05) is 18.0 Å². The number of nitrogens with zero attached hydrogens (tertiary/aromatic N) is 2. The average molecular weight is 812 g/mol. The van der Waals surface area contributed by atoms with Crippen LogP contribution in [0.5, 0.6) is 5.75 Å². The minimum atomic E-state index is -1.74. The van der Waals surface area contributed by atoms with Gasteiger partial charge in [-0.25, -0.2) is 4.98 Å². The van der Waals surface area contributed by atoms with Crippen molar-refractivity contribution in [3.05, 3.63) is 41.4 Å². The van der Waals surface area contributed by atoms with E-state index in [1.165, 1.54) is 0 Å². The Bertz CT molecular complexity index is 1780. The highest BCUT2D eigenvalue weighted by Crippen LogP contribution is 2.34. The van der Waals surface area contributed by atoms with E-state index >= 15 is 0 Å². The number of aliphatic hydroxyl groups excluding tert-OH is 8. The van der Waals surface area contributed by atoms with Crippen LogP contribution in [0.1, 0.15) is 25.7 Å². The van der Waals surface area contributed by atoms with Gasteiger partial charge in [0, 0.05) is 35.3 Å². The van der Waals surface area contributed by atoms with E-state index < -0.39 is 80.4 Å². The van der Waals surface area contributed by atoms with E-state index in [9.17, 15) is 45.6 Å². The number of morpholine rings is 1. The Kier molecular flexibility index (Phi) is 14.7. The number of nitrogens with one attached hydrogen (secondary N) is 1. The number of carbonyl (C=O) groups is 1. The van der Waals surface area contributed by atoms with Crippen molar-refractivity contribution in [1.29, 1.82) is 0 Å². The molecule has 0 spiro atoms. The number of carbonyl (C=O) groups excluding carboxylic acids is 1. The first kappa shape index (κ1) is 42.7. The van der Waals surface area contributed by atoms with Gasteiger partial charge in [0.15, 0.2) is 18.9 Å². The quantitative estimate of drug-likeness (QED) is 0.0673. The van der Waals surface area contributed by atoms with Gasteiger partial charge in [0.05, 0.1) is 49.8 Å². The van der Waals surface area contributed by atoms with Gasteiger partial charge in [0.1, 0.15) is 54.6 Å². The number of benzene rings is 2. The second kappa shape index (κ2) is 19.2. The highest BCUT2D eigenvalue weighted by molar-refractivity contribution is 6.31. The maximum absolute atomic E-state index is 13.3. The molecular weight excluding hydrogens is 762 g/mol. The molecule has 4 heterocycles. The molecule has 18 nitrogen and oxygen atoms in total. The zero-order chi connectivity index (χ0) is 40.1. The van der Waals surface area contributed by atoms with Crippen LogP contribution < -0.4 is 10.1 Å². The van der Waals surface area contributed by atoms with Crippen molar-refractivity contribution in [2.75, 3.05) is 51.9 Å². The molecule has 3 fully saturated rings. The largest absolute Gasteiger partial charge is 0.497 e. The number of aromatic nitrogens is 1. The van der Waals surface area contributed by atoms with Gasteiger partial charge in [-0.2, -0.15) is 0 Å². The summed E-state index contributed by atoms with van der Waals surface area (Å²) in [4.78, 5) is 20.0. The Balaban J connectivity index is 1.04. The van der Waals surface area contributed by atoms with Gasteiger partial charge in [0.2, 0.25) is 5.91 Å². The lowest BCUT2D eigenvalue weighted by atomic mass is 9.99. The number of rotatable bonds is 15. The molecule has 0 bridgehead atoms. The maximum Gasteiger partial charge on any atom is 0.224 e. The van der Waals surface area contributed by atoms with Gasteiger partial charge >= 0.3 is 0 Å². The number of hydrogen-bond acceptors (Lipinski definition) is 17. The number of aliphatic hydroxyl groups is 8. The van der Waals surface area contributed by atoms with Gasteiger partial charge in [-0.3, -0.25) is 9.69 Å². The molecule has 56 heavy (non-hydrogen) atoms. The fraction of sp³-hybridized carbons (Fsp3) is 0.622. The Hall–Kier alpha value is -2.89. The zero-order valence-corrected chi connectivity index (χ0v) is 31.4. The summed E-state index contributed by atoms with van der Waals surface area (Å²) in [5.74, 6) is 0.454. The van der Waals surface area contributed by atoms with Crippen molar-refractivity contribution in [2.45, 2.75) is 99.5 Å². The number of methoxy groups -OCH3 is 1. The first-order chi connectivity index (χ1) is 26.9. The van der Waals surface area contributed by atoms with E-state index in [-0.39, 0.29) is 32.1 Å². The monoisotopic (exact) mass is 811 g/mol. The van der Waals surface area contributed by atoms with E-state index in [1.807, 2.05) is 23.1 Å². The lowest BCUT2D eigenvalue weighted by molar-refractivity contribution is -0.316. The molecule has 3 aliphatic heterocycles. The van der Waals surface area contributed by atoms with Crippen LogP contribution in [0.15, 0.2) is 36.4 Å². The van der Waals surface area contributed by atoms with Crippen LogP contribution in [0.25, 0.3) is 21.8 Å². The predicted molar refractivity (Wildman–Crippen MR) is 198 cm³/mol. The molecule has 19 heteroatoms. The minimum absolute atomic E-state index is 0.151. The van der Waals surface area contributed by atoms with Gasteiger partial charge in [0.25, 0.3) is 0 Å². The second-order valence-electron chi connectivity index (χ2n) is 14.2. The van der Waals surface area contributed by atoms with Crippen molar-refractivity contribution in [1.82, 2.24) is 9.88 Å². The summed E-state index contributed by atoms with van der Waals surface area (Å²) in [6, 6.07) is 10.8. The number of pyridine rings is 1. The van der Waals surface area contributed by atoms with Crippen LogP contribution in [0.3, 0.4) is 0 Å². The fourth-order valence-corrected chi connectivity index (χ4v) is 7.24. The van der Waals surface area contributed by atoms with E-state index in [0.717, 1.165) is 10.8 Å². The molecule has 1 amide bonds. The lowest BCUT2D eigenvalue weighted by Gasteiger charge is -2.42. The Labute approximate surface area is 327 Å². The lowest BCUT2D eigenvalue weighted by Crippen LogP contribution is -2.60. The van der Waals surface area contributed by atoms with Gasteiger partial charge < -0.3 is 74.6 Å². The third kappa shape index (κ3) is 10.0. The Morgan fingerprint density at radius 1 is 0.821 bits per heavy atom. The molecule has 310 valence electrons. The summed E-state index contributed by atoms with van der Waals surface area (Å²) in [6.45, 7) is 0.101. The molecule has 1 aromatic heterocycles. The Morgan fingerprint density at radius 3 is 2.36 bits per heavy atom. The molecule has 3 aromatic rings. The van der Waals surface area contributed by atoms with Crippen LogP contribution >= 0.6 is 11.6 Å². The number of fused-ring (bicyclic) bond motifs is 2. The highest BCUT2D eigenvalue weighted by atomic mass is 35.5. The van der Waals surface area contributed by atoms with Crippen LogP contribution in [-0.4, -0.2) is 177 Å². The molecule has 9 N–H and O–H groups in total. The summed E-state index contributed by atoms with van der Waals surface area (Å²) >= 11 is 6.24. The van der Waals surface area contributed by atoms with Crippen LogP contribution in [0.2, 0.25) is 5.02 Å². The zero-order valence-electron chi connectivity index (χ0n) is 30.7. The second-order valence-corrected chi connectivity index (χ2v) is 14.7. The first-order valence-corrected chi connectivity index (χ1v) is 18.9. The van der Waals surface area contributed by atoms with Crippen molar-refractivity contribution >= 4 is 45.0 Å². The fourth-order valence-electron chi connectivity index (χ4n) is 7.08. The summed E-state index contributed by atoms with van der Waals surface area (Å²) in [5.41, 5.74) is 1.94. The first-order valence-electron chi connectivity index (χ1n) is 18.5. The molecule has 2 aromatic carbocycles. The topological polar surface area (TPSA) is 262 Å². The third-order valence-electron chi connectivity index (χ3n) is 10.2. The highest BCUT2D eigenvalue weighted by Gasteiger charge is 2.45. The third-order valence-corrected chi connectivity index (χ3v) is 10.5. The molecule has 0 unspecified atom stereocenters. The molecule has 6 rings (SSSR count). The molecule has 0 aliphatic carbocycles. The molecule has 12 atom stereocenters. The van der Waals surface area contributed by atoms with E-state index in [0.29, 0.717) is 59.8 Å². The summed E-state index contributed by atoms with van der Waals surface area (Å²) in [5, 5.41) is 85.5. The SMILES string of the molecule is COc1ccc2nc3cc(Cl)ccc3c(NC(=O)CCCCCN3C[C@@H](CO[C@@H]4O[C@@H](CO)[C@H](O)[C@H](O)[C@H]4O)O[C@@H](OC[C@@H]4O[C@@H](O)[C@@H](O)[C@H](O)[C@H]4O)C3)c2c1. The predicted octanol–water partition coefficient (Wildman–Crippen LogP) is -0.791. The van der Waals surface area contributed by atoms with E-state index in [4.69, 9.17) is 45.0 Å². The summed E-state index contributed by atoms with van der Waals surface area (Å²) in [7, 11) is 1.57. The molecule has 3 saturated heterocycles. The number of ether oxygens (including phenoxy) is 6. The number of halogens is 1. The number of unbranched alkanes of at least 4 members (excludes halogenated alkanes) is 2. The molecule has 3 aliphatic rings. The number of amides is 1. The molecular formula is C37H50ClN3O15. The molecule has 0 radical (unpaired) electrons. The molecule has 0 saturated carbocycles. The summed E-state index contributed by atoms with van der Waals surface area (Å²) in [6.07, 6.45) is -14.5. The standard InChI is InChI=1S/C37H50ClN3O15/c1-51-19-7-9-23-22(12-19)29(21-8-6-18(38)11-24(21)39-23)40-27(43)5-3-2-4-10-41-13-20(16-53-37-35(49)33(47)30(44)25(15-42)56-37)54-28(14-41)52-17-26-31(45)32(46)34(48)36(50)55-26/h6-9,11-12,20,25-26,28,30-37,42,44-50H,2-5,10,13-17H2,1H3,(H,39,40,43)/t20-,25-,26-,28+,30-,31-,32+,33-,34-,35+,36+,37+/m0/s1. The maximum atomic E-state index is 13.3. The minimum Gasteiger partial charge on any atom is -0.497 e. The van der Waals surface area contributed by atoms with Crippen LogP contribution in [0, 0.1) is 0 Å². The van der Waals surface area contributed by atoms with E-state index in [2.05, 4.69) is 5.32 Å². The van der Waals surface area contributed by atoms with Crippen molar-refractivity contribution < 1.29 is 74.1 Å². The normalized spacial score (nSPS) is 32.8. The summed E-state index contributed by atoms with van der Waals surface area (Å²) < 4.78 is 33.8. The smallest absolute Gasteiger partial charge is 0.224 e. The van der Waals surface area contributed by atoms with Crippen molar-refractivity contribution in [2.24, 2.45) is 0 Å². The van der Waals surface area contributed by atoms with Crippen LogP contribution in [0.4, 0.5) is 5.69 Å². The number of hydrogen-bond donors (Lipinski definition) is 9.